The number of furan rings is 1. The molecule has 0 spiro atoms. The van der Waals surface area contributed by atoms with Crippen molar-refractivity contribution in [3.05, 3.63) is 23.7 Å². The van der Waals surface area contributed by atoms with Crippen LogP contribution in [0.4, 0.5) is 0 Å². The summed E-state index contributed by atoms with van der Waals surface area (Å²) in [5.74, 6) is 1.04. The fraction of sp³-hybridized carbons (Fsp3) is 0.750. The summed E-state index contributed by atoms with van der Waals surface area (Å²) in [6.45, 7) is 15.3. The first-order valence-electron chi connectivity index (χ1n) is 7.41. The molecule has 0 radical (unpaired) electrons. The van der Waals surface area contributed by atoms with E-state index < -0.39 is 0 Å². The molecule has 114 valence electrons. The van der Waals surface area contributed by atoms with E-state index in [9.17, 15) is 0 Å². The van der Waals surface area contributed by atoms with Crippen molar-refractivity contribution in [2.75, 3.05) is 19.8 Å². The highest BCUT2D eigenvalue weighted by Gasteiger charge is 2.31. The van der Waals surface area contributed by atoms with Gasteiger partial charge in [0.15, 0.2) is 0 Å². The Labute approximate surface area is 122 Å². The van der Waals surface area contributed by atoms with Crippen LogP contribution in [0.1, 0.15) is 45.9 Å². The second-order valence-corrected chi connectivity index (χ2v) is 7.26. The fourth-order valence-electron chi connectivity index (χ4n) is 2.40. The number of rotatable bonds is 4. The third-order valence-corrected chi connectivity index (χ3v) is 3.80. The van der Waals surface area contributed by atoms with Crippen LogP contribution in [0, 0.1) is 0 Å². The zero-order chi connectivity index (χ0) is 14.8. The van der Waals surface area contributed by atoms with E-state index in [2.05, 4.69) is 50.9 Å². The van der Waals surface area contributed by atoms with Crippen LogP contribution in [-0.4, -0.2) is 35.7 Å². The maximum Gasteiger partial charge on any atom is 0.122 e. The predicted molar refractivity (Wildman–Crippen MR) is 80.6 cm³/mol. The minimum atomic E-state index is 0.0875. The number of morpholine rings is 1. The lowest BCUT2D eigenvalue weighted by atomic mass is 10.0. The SMILES string of the molecule is CC(C)(C)NCc1occc1CN1CCOCC1(C)C. The van der Waals surface area contributed by atoms with Crippen molar-refractivity contribution in [2.45, 2.75) is 58.8 Å². The maximum absolute atomic E-state index is 5.65. The molecule has 1 aliphatic rings. The van der Waals surface area contributed by atoms with Crippen LogP contribution in [0.15, 0.2) is 16.7 Å². The molecule has 0 atom stereocenters. The molecule has 0 aliphatic carbocycles. The Morgan fingerprint density at radius 1 is 1.35 bits per heavy atom. The van der Waals surface area contributed by atoms with Crippen LogP contribution in [-0.2, 0) is 17.8 Å². The van der Waals surface area contributed by atoms with Crippen LogP contribution >= 0.6 is 0 Å². The van der Waals surface area contributed by atoms with Gasteiger partial charge in [0, 0.05) is 29.7 Å². The van der Waals surface area contributed by atoms with Gasteiger partial charge >= 0.3 is 0 Å². The van der Waals surface area contributed by atoms with Gasteiger partial charge in [-0.05, 0) is 40.7 Å². The van der Waals surface area contributed by atoms with Gasteiger partial charge in [-0.1, -0.05) is 0 Å². The summed E-state index contributed by atoms with van der Waals surface area (Å²) in [5, 5.41) is 3.49. The smallest absolute Gasteiger partial charge is 0.122 e. The molecule has 0 saturated carbocycles. The molecular weight excluding hydrogens is 252 g/mol. The number of hydrogen-bond acceptors (Lipinski definition) is 4. The summed E-state index contributed by atoms with van der Waals surface area (Å²) < 4.78 is 11.2. The summed E-state index contributed by atoms with van der Waals surface area (Å²) in [4.78, 5) is 2.47. The lowest BCUT2D eigenvalue weighted by Crippen LogP contribution is -2.52. The molecule has 1 aromatic heterocycles. The predicted octanol–water partition coefficient (Wildman–Crippen LogP) is 2.78. The van der Waals surface area contributed by atoms with Gasteiger partial charge in [-0.25, -0.2) is 0 Å². The van der Waals surface area contributed by atoms with Crippen molar-refractivity contribution in [3.63, 3.8) is 0 Å². The zero-order valence-corrected chi connectivity index (χ0v) is 13.5. The van der Waals surface area contributed by atoms with Crippen LogP contribution in [0.5, 0.6) is 0 Å². The third kappa shape index (κ3) is 4.08. The Morgan fingerprint density at radius 3 is 2.75 bits per heavy atom. The molecule has 0 bridgehead atoms. The molecule has 1 N–H and O–H groups in total. The van der Waals surface area contributed by atoms with E-state index in [4.69, 9.17) is 9.15 Å². The lowest BCUT2D eigenvalue weighted by molar-refractivity contribution is -0.0554. The summed E-state index contributed by atoms with van der Waals surface area (Å²) in [6, 6.07) is 2.09. The number of hydrogen-bond donors (Lipinski definition) is 1. The molecular formula is C16H28N2O2. The highest BCUT2D eigenvalue weighted by Crippen LogP contribution is 2.23. The third-order valence-electron chi connectivity index (χ3n) is 3.80. The van der Waals surface area contributed by atoms with E-state index in [0.717, 1.165) is 38.6 Å². The monoisotopic (exact) mass is 280 g/mol. The zero-order valence-electron chi connectivity index (χ0n) is 13.5. The first-order chi connectivity index (χ1) is 9.28. The summed E-state index contributed by atoms with van der Waals surface area (Å²) in [7, 11) is 0. The first-order valence-corrected chi connectivity index (χ1v) is 7.41. The second-order valence-electron chi connectivity index (χ2n) is 7.26. The van der Waals surface area contributed by atoms with Crippen molar-refractivity contribution in [1.82, 2.24) is 10.2 Å². The van der Waals surface area contributed by atoms with E-state index in [1.165, 1.54) is 5.56 Å². The first kappa shape index (κ1) is 15.5. The van der Waals surface area contributed by atoms with E-state index >= 15 is 0 Å². The van der Waals surface area contributed by atoms with E-state index in [0.29, 0.717) is 0 Å². The van der Waals surface area contributed by atoms with Crippen LogP contribution in [0.3, 0.4) is 0 Å². The Kier molecular flexibility index (Phi) is 4.57. The Bertz CT molecular complexity index is 432. The van der Waals surface area contributed by atoms with Crippen molar-refractivity contribution >= 4 is 0 Å². The highest BCUT2D eigenvalue weighted by atomic mass is 16.5. The largest absolute Gasteiger partial charge is 0.468 e. The Hall–Kier alpha value is -0.840. The summed E-state index contributed by atoms with van der Waals surface area (Å²) >= 11 is 0. The Balaban J connectivity index is 2.01. The van der Waals surface area contributed by atoms with Gasteiger partial charge in [0.05, 0.1) is 26.0 Å². The van der Waals surface area contributed by atoms with Gasteiger partial charge in [-0.15, -0.1) is 0 Å². The molecule has 2 rings (SSSR count). The minimum Gasteiger partial charge on any atom is -0.468 e. The lowest BCUT2D eigenvalue weighted by Gasteiger charge is -2.42. The average molecular weight is 280 g/mol. The molecule has 4 heteroatoms. The van der Waals surface area contributed by atoms with Crippen LogP contribution < -0.4 is 5.32 Å². The van der Waals surface area contributed by atoms with E-state index in [1.54, 1.807) is 6.26 Å². The normalized spacial score (nSPS) is 20.2. The topological polar surface area (TPSA) is 37.6 Å². The van der Waals surface area contributed by atoms with Crippen LogP contribution in [0.2, 0.25) is 0 Å². The van der Waals surface area contributed by atoms with Gasteiger partial charge in [-0.3, -0.25) is 4.90 Å². The molecule has 0 unspecified atom stereocenters. The standard InChI is InChI=1S/C16H28N2O2/c1-15(2,3)17-10-14-13(6-8-20-14)11-18-7-9-19-12-16(18,4)5/h6,8,17H,7,9-12H2,1-5H3. The van der Waals surface area contributed by atoms with Crippen molar-refractivity contribution < 1.29 is 9.15 Å². The van der Waals surface area contributed by atoms with Gasteiger partial charge in [-0.2, -0.15) is 0 Å². The summed E-state index contributed by atoms with van der Waals surface area (Å²) in [6.07, 6.45) is 1.79. The Morgan fingerprint density at radius 2 is 2.10 bits per heavy atom. The van der Waals surface area contributed by atoms with Crippen molar-refractivity contribution in [2.24, 2.45) is 0 Å². The maximum atomic E-state index is 5.65. The quantitative estimate of drug-likeness (QED) is 0.920. The molecule has 1 aliphatic heterocycles. The average Bonchev–Trinajstić information content (AvgIpc) is 2.76. The molecule has 1 fully saturated rings. The molecule has 2 heterocycles. The van der Waals surface area contributed by atoms with E-state index in [-0.39, 0.29) is 11.1 Å². The van der Waals surface area contributed by atoms with Gasteiger partial charge in [0.2, 0.25) is 0 Å². The minimum absolute atomic E-state index is 0.0875. The summed E-state index contributed by atoms with van der Waals surface area (Å²) in [5.41, 5.74) is 1.46. The second kappa shape index (κ2) is 5.88. The molecule has 1 aromatic rings. The van der Waals surface area contributed by atoms with Gasteiger partial charge in [0.25, 0.3) is 0 Å². The molecule has 0 aromatic carbocycles. The molecule has 4 nitrogen and oxygen atoms in total. The molecule has 20 heavy (non-hydrogen) atoms. The molecule has 1 saturated heterocycles. The number of ether oxygens (including phenoxy) is 1. The van der Waals surface area contributed by atoms with Gasteiger partial charge in [0.1, 0.15) is 5.76 Å². The van der Waals surface area contributed by atoms with Crippen molar-refractivity contribution in [3.8, 4) is 0 Å². The van der Waals surface area contributed by atoms with Gasteiger partial charge < -0.3 is 14.5 Å². The fourth-order valence-corrected chi connectivity index (χ4v) is 2.40. The van der Waals surface area contributed by atoms with E-state index in [1.807, 2.05) is 0 Å². The van der Waals surface area contributed by atoms with Crippen LogP contribution in [0.25, 0.3) is 0 Å². The molecule has 0 amide bonds. The van der Waals surface area contributed by atoms with Crippen molar-refractivity contribution in [1.29, 1.82) is 0 Å². The number of nitrogens with zero attached hydrogens (tertiary/aromatic N) is 1. The number of nitrogens with one attached hydrogen (secondary N) is 1. The highest BCUT2D eigenvalue weighted by molar-refractivity contribution is 5.17.